The van der Waals surface area contributed by atoms with Gasteiger partial charge in [0.25, 0.3) is 5.56 Å². The Morgan fingerprint density at radius 1 is 1.23 bits per heavy atom. The second-order valence-electron chi connectivity index (χ2n) is 8.88. The quantitative estimate of drug-likeness (QED) is 0.524. The molecule has 0 saturated carbocycles. The van der Waals surface area contributed by atoms with E-state index in [2.05, 4.69) is 4.98 Å². The van der Waals surface area contributed by atoms with Crippen molar-refractivity contribution in [1.29, 1.82) is 0 Å². The number of carbonyl (C=O) groups excluding carboxylic acids is 2. The number of aromatic nitrogens is 3. The van der Waals surface area contributed by atoms with Crippen LogP contribution in [0.3, 0.4) is 0 Å². The highest BCUT2D eigenvalue weighted by Crippen LogP contribution is 2.25. The lowest BCUT2D eigenvalue weighted by Gasteiger charge is -2.24. The molecule has 4 rings (SSSR count). The lowest BCUT2D eigenvalue weighted by atomic mass is 10.1. The number of esters is 1. The first-order valence-electron chi connectivity index (χ1n) is 12.4. The van der Waals surface area contributed by atoms with E-state index >= 15 is 0 Å². The van der Waals surface area contributed by atoms with E-state index in [-0.39, 0.29) is 35.5 Å². The average Bonchev–Trinajstić information content (AvgIpc) is 3.22. The average molecular weight is 487 g/mol. The van der Waals surface area contributed by atoms with Gasteiger partial charge in [-0.05, 0) is 19.3 Å². The van der Waals surface area contributed by atoms with E-state index in [0.717, 1.165) is 31.5 Å². The number of amides is 1. The molecule has 0 unspecified atom stereocenters. The second-order valence-corrected chi connectivity index (χ2v) is 8.88. The van der Waals surface area contributed by atoms with Crippen molar-refractivity contribution in [3.8, 4) is 5.75 Å². The number of nitrogens with zero attached hydrogens (tertiary/aromatic N) is 4. The minimum Gasteiger partial charge on any atom is -0.490 e. The normalized spacial score (nSPS) is 18.0. The van der Waals surface area contributed by atoms with Gasteiger partial charge in [-0.25, -0.2) is 9.78 Å². The molecule has 1 amide bonds. The molecule has 0 aromatic carbocycles. The molecule has 1 saturated heterocycles. The highest BCUT2D eigenvalue weighted by molar-refractivity contribution is 5.93. The van der Waals surface area contributed by atoms with Crippen molar-refractivity contribution in [2.75, 3.05) is 33.4 Å². The summed E-state index contributed by atoms with van der Waals surface area (Å²) in [4.78, 5) is 44.8. The van der Waals surface area contributed by atoms with Gasteiger partial charge in [-0.2, -0.15) is 0 Å². The summed E-state index contributed by atoms with van der Waals surface area (Å²) < 4.78 is 20.2. The molecule has 10 nitrogen and oxygen atoms in total. The van der Waals surface area contributed by atoms with Gasteiger partial charge in [-0.1, -0.05) is 6.92 Å². The Balaban J connectivity index is 1.49. The van der Waals surface area contributed by atoms with E-state index in [1.54, 1.807) is 15.7 Å². The standard InChI is InChI=1S/C25H34N4O6/c1-3-21-26-9-12-27(21)11-8-22(30)28-10-7-19-24(25(32)33-2)20(16-23(31)29(19)14-13-28)35-17-18-6-4-5-15-34-18/h9,12,16,18H,3-8,10-11,13-15,17H2,1-2H3/t18-/m0/s1. The van der Waals surface area contributed by atoms with E-state index < -0.39 is 5.97 Å². The maximum absolute atomic E-state index is 13.0. The van der Waals surface area contributed by atoms with Gasteiger partial charge >= 0.3 is 5.97 Å². The molecule has 1 fully saturated rings. The van der Waals surface area contributed by atoms with Crippen molar-refractivity contribution in [3.63, 3.8) is 0 Å². The van der Waals surface area contributed by atoms with Crippen LogP contribution in [0, 0.1) is 0 Å². The Morgan fingerprint density at radius 3 is 2.83 bits per heavy atom. The fraction of sp³-hybridized carbons (Fsp3) is 0.600. The van der Waals surface area contributed by atoms with Crippen LogP contribution in [0.4, 0.5) is 0 Å². The minimum atomic E-state index is -0.555. The summed E-state index contributed by atoms with van der Waals surface area (Å²) in [5, 5.41) is 0. The summed E-state index contributed by atoms with van der Waals surface area (Å²) in [5.74, 6) is 0.614. The SMILES string of the molecule is CCc1nccn1CCC(=O)N1CCc2c(C(=O)OC)c(OC[C@@H]3CCCCO3)cc(=O)n2CC1. The van der Waals surface area contributed by atoms with Crippen molar-refractivity contribution in [2.45, 2.75) is 64.6 Å². The molecule has 2 aromatic heterocycles. The molecule has 0 spiro atoms. The molecule has 10 heteroatoms. The topological polar surface area (TPSA) is 105 Å². The molecule has 190 valence electrons. The first kappa shape index (κ1) is 25.0. The maximum atomic E-state index is 13.0. The van der Waals surface area contributed by atoms with Gasteiger partial charge in [0.05, 0.1) is 13.2 Å². The number of ether oxygens (including phenoxy) is 3. The van der Waals surface area contributed by atoms with E-state index in [9.17, 15) is 14.4 Å². The smallest absolute Gasteiger partial charge is 0.343 e. The summed E-state index contributed by atoms with van der Waals surface area (Å²) in [6.45, 7) is 4.65. The zero-order valence-electron chi connectivity index (χ0n) is 20.5. The summed E-state index contributed by atoms with van der Waals surface area (Å²) in [6.07, 6.45) is 8.04. The molecule has 0 N–H and O–H groups in total. The van der Waals surface area contributed by atoms with Crippen molar-refractivity contribution < 1.29 is 23.8 Å². The molecule has 0 radical (unpaired) electrons. The van der Waals surface area contributed by atoms with E-state index in [0.29, 0.717) is 51.3 Å². The monoisotopic (exact) mass is 486 g/mol. The fourth-order valence-corrected chi connectivity index (χ4v) is 4.79. The van der Waals surface area contributed by atoms with Crippen LogP contribution in [0.15, 0.2) is 23.3 Å². The van der Waals surface area contributed by atoms with Crippen LogP contribution in [-0.2, 0) is 40.2 Å². The molecule has 0 bridgehead atoms. The Kier molecular flexibility index (Phi) is 8.22. The number of methoxy groups -OCH3 is 1. The lowest BCUT2D eigenvalue weighted by Crippen LogP contribution is -2.34. The third-order valence-electron chi connectivity index (χ3n) is 6.72. The van der Waals surface area contributed by atoms with Gasteiger partial charge in [-0.3, -0.25) is 9.59 Å². The van der Waals surface area contributed by atoms with Crippen LogP contribution in [0.1, 0.15) is 54.5 Å². The van der Waals surface area contributed by atoms with E-state index in [1.165, 1.54) is 13.2 Å². The second kappa shape index (κ2) is 11.5. The third-order valence-corrected chi connectivity index (χ3v) is 6.72. The van der Waals surface area contributed by atoms with Gasteiger partial charge in [0, 0.05) is 76.2 Å². The molecular weight excluding hydrogens is 452 g/mol. The zero-order valence-corrected chi connectivity index (χ0v) is 20.5. The molecule has 2 aromatic rings. The van der Waals surface area contributed by atoms with Crippen LogP contribution < -0.4 is 10.3 Å². The van der Waals surface area contributed by atoms with Crippen molar-refractivity contribution in [3.05, 3.63) is 45.9 Å². The van der Waals surface area contributed by atoms with Crippen LogP contribution in [0.2, 0.25) is 0 Å². The van der Waals surface area contributed by atoms with Crippen molar-refractivity contribution in [1.82, 2.24) is 19.0 Å². The summed E-state index contributed by atoms with van der Waals surface area (Å²) in [5.41, 5.74) is 0.540. The predicted octanol–water partition coefficient (Wildman–Crippen LogP) is 1.82. The summed E-state index contributed by atoms with van der Waals surface area (Å²) in [7, 11) is 1.31. The number of imidazole rings is 1. The van der Waals surface area contributed by atoms with Gasteiger partial charge < -0.3 is 28.2 Å². The lowest BCUT2D eigenvalue weighted by molar-refractivity contribution is -0.131. The van der Waals surface area contributed by atoms with Crippen molar-refractivity contribution >= 4 is 11.9 Å². The van der Waals surface area contributed by atoms with Crippen molar-refractivity contribution in [2.24, 2.45) is 0 Å². The largest absolute Gasteiger partial charge is 0.490 e. The van der Waals surface area contributed by atoms with Gasteiger partial charge in [0.2, 0.25) is 5.91 Å². The number of hydrogen-bond donors (Lipinski definition) is 0. The summed E-state index contributed by atoms with van der Waals surface area (Å²) >= 11 is 0. The molecule has 0 aliphatic carbocycles. The number of carbonyl (C=O) groups is 2. The Morgan fingerprint density at radius 2 is 2.09 bits per heavy atom. The summed E-state index contributed by atoms with van der Waals surface area (Å²) in [6, 6.07) is 1.35. The molecule has 2 aliphatic rings. The van der Waals surface area contributed by atoms with Gasteiger partial charge in [0.15, 0.2) is 0 Å². The maximum Gasteiger partial charge on any atom is 0.343 e. The highest BCUT2D eigenvalue weighted by Gasteiger charge is 2.28. The Labute approximate surface area is 204 Å². The number of hydrogen-bond acceptors (Lipinski definition) is 7. The number of fused-ring (bicyclic) bond motifs is 1. The van der Waals surface area contributed by atoms with Crippen LogP contribution in [-0.4, -0.2) is 70.4 Å². The molecule has 4 heterocycles. The Hall–Kier alpha value is -3.14. The first-order valence-corrected chi connectivity index (χ1v) is 12.4. The fourth-order valence-electron chi connectivity index (χ4n) is 4.79. The minimum absolute atomic E-state index is 0.00662. The first-order chi connectivity index (χ1) is 17.0. The van der Waals surface area contributed by atoms with Gasteiger partial charge in [0.1, 0.15) is 23.7 Å². The molecule has 35 heavy (non-hydrogen) atoms. The van der Waals surface area contributed by atoms with E-state index in [1.807, 2.05) is 17.7 Å². The molecular formula is C25H34N4O6. The predicted molar refractivity (Wildman–Crippen MR) is 128 cm³/mol. The zero-order chi connectivity index (χ0) is 24.8. The Bertz CT molecular complexity index is 1100. The number of pyridine rings is 1. The van der Waals surface area contributed by atoms with Crippen LogP contribution in [0.5, 0.6) is 5.75 Å². The van der Waals surface area contributed by atoms with Crippen LogP contribution >= 0.6 is 0 Å². The molecule has 2 aliphatic heterocycles. The number of rotatable bonds is 8. The third kappa shape index (κ3) is 5.75. The van der Waals surface area contributed by atoms with Gasteiger partial charge in [-0.15, -0.1) is 0 Å². The highest BCUT2D eigenvalue weighted by atomic mass is 16.5. The molecule has 1 atom stereocenters. The van der Waals surface area contributed by atoms with Crippen LogP contribution in [0.25, 0.3) is 0 Å². The number of aryl methyl sites for hydroxylation is 2. The van der Waals surface area contributed by atoms with E-state index in [4.69, 9.17) is 14.2 Å².